The second-order valence-corrected chi connectivity index (χ2v) is 7.71. The predicted octanol–water partition coefficient (Wildman–Crippen LogP) is 3.57. The Morgan fingerprint density at radius 3 is 2.78 bits per heavy atom. The van der Waals surface area contributed by atoms with Crippen LogP contribution < -0.4 is 5.32 Å². The van der Waals surface area contributed by atoms with Gasteiger partial charge in [-0.3, -0.25) is 0 Å². The van der Waals surface area contributed by atoms with Gasteiger partial charge in [0.25, 0.3) is 0 Å². The van der Waals surface area contributed by atoms with Gasteiger partial charge in [-0.15, -0.1) is 0 Å². The van der Waals surface area contributed by atoms with E-state index in [2.05, 4.69) is 37.4 Å². The first kappa shape index (κ1) is 16.9. The Morgan fingerprint density at radius 1 is 1.30 bits per heavy atom. The maximum atomic E-state index is 9.89. The van der Waals surface area contributed by atoms with Gasteiger partial charge < -0.3 is 15.2 Å². The SMILES string of the molecule is CC(C)c1ccc2c(c1)C(NCC1(CO)CCOCC1)CCC2. The third-order valence-corrected chi connectivity index (χ3v) is 5.76. The molecule has 1 saturated heterocycles. The number of nitrogens with one attached hydrogen (secondary N) is 1. The number of aliphatic hydroxyl groups is 1. The van der Waals surface area contributed by atoms with Crippen molar-refractivity contribution >= 4 is 0 Å². The van der Waals surface area contributed by atoms with Crippen molar-refractivity contribution < 1.29 is 9.84 Å². The van der Waals surface area contributed by atoms with Crippen LogP contribution in [0.5, 0.6) is 0 Å². The number of ether oxygens (including phenoxy) is 1. The summed E-state index contributed by atoms with van der Waals surface area (Å²) in [5, 5.41) is 13.7. The van der Waals surface area contributed by atoms with Crippen LogP contribution in [0.4, 0.5) is 0 Å². The van der Waals surface area contributed by atoms with Crippen LogP contribution in [-0.2, 0) is 11.2 Å². The van der Waals surface area contributed by atoms with Crippen LogP contribution in [0.3, 0.4) is 0 Å². The van der Waals surface area contributed by atoms with Crippen molar-refractivity contribution in [3.63, 3.8) is 0 Å². The minimum absolute atomic E-state index is 0.00548. The van der Waals surface area contributed by atoms with E-state index in [9.17, 15) is 5.11 Å². The molecule has 3 heteroatoms. The quantitative estimate of drug-likeness (QED) is 0.872. The van der Waals surface area contributed by atoms with E-state index in [1.165, 1.54) is 36.0 Å². The molecule has 0 aromatic heterocycles. The van der Waals surface area contributed by atoms with Gasteiger partial charge in [-0.25, -0.2) is 0 Å². The van der Waals surface area contributed by atoms with E-state index in [1.54, 1.807) is 0 Å². The molecule has 0 radical (unpaired) electrons. The van der Waals surface area contributed by atoms with E-state index in [4.69, 9.17) is 4.74 Å². The molecule has 0 spiro atoms. The molecule has 1 aliphatic heterocycles. The molecule has 128 valence electrons. The molecule has 2 N–H and O–H groups in total. The van der Waals surface area contributed by atoms with Crippen molar-refractivity contribution in [2.45, 2.75) is 57.9 Å². The van der Waals surface area contributed by atoms with Crippen molar-refractivity contribution in [2.24, 2.45) is 5.41 Å². The summed E-state index contributed by atoms with van der Waals surface area (Å²) in [6.07, 6.45) is 5.57. The third kappa shape index (κ3) is 3.78. The normalized spacial score (nSPS) is 23.7. The molecule has 23 heavy (non-hydrogen) atoms. The highest BCUT2D eigenvalue weighted by atomic mass is 16.5. The number of fused-ring (bicyclic) bond motifs is 1. The zero-order valence-corrected chi connectivity index (χ0v) is 14.6. The van der Waals surface area contributed by atoms with E-state index in [0.29, 0.717) is 12.0 Å². The van der Waals surface area contributed by atoms with Gasteiger partial charge in [0.15, 0.2) is 0 Å². The van der Waals surface area contributed by atoms with Crippen LogP contribution in [0.25, 0.3) is 0 Å². The molecular weight excluding hydrogens is 286 g/mol. The fourth-order valence-corrected chi connectivity index (χ4v) is 3.92. The Labute approximate surface area is 140 Å². The Kier molecular flexibility index (Phi) is 5.40. The van der Waals surface area contributed by atoms with Gasteiger partial charge in [0.05, 0.1) is 6.61 Å². The van der Waals surface area contributed by atoms with Crippen LogP contribution >= 0.6 is 0 Å². The molecule has 1 fully saturated rings. The molecule has 0 saturated carbocycles. The number of hydrogen-bond donors (Lipinski definition) is 2. The average molecular weight is 317 g/mol. The van der Waals surface area contributed by atoms with Crippen LogP contribution in [0.2, 0.25) is 0 Å². The Balaban J connectivity index is 1.73. The van der Waals surface area contributed by atoms with Crippen LogP contribution in [-0.4, -0.2) is 31.5 Å². The average Bonchev–Trinajstić information content (AvgIpc) is 2.60. The molecule has 1 unspecified atom stereocenters. The predicted molar refractivity (Wildman–Crippen MR) is 93.8 cm³/mol. The van der Waals surface area contributed by atoms with E-state index < -0.39 is 0 Å². The van der Waals surface area contributed by atoms with Gasteiger partial charge in [0.2, 0.25) is 0 Å². The molecule has 3 rings (SSSR count). The summed E-state index contributed by atoms with van der Waals surface area (Å²) >= 11 is 0. The number of rotatable bonds is 5. The largest absolute Gasteiger partial charge is 0.396 e. The van der Waals surface area contributed by atoms with Gasteiger partial charge in [-0.05, 0) is 54.7 Å². The van der Waals surface area contributed by atoms with Gasteiger partial charge in [-0.1, -0.05) is 32.0 Å². The van der Waals surface area contributed by atoms with E-state index in [0.717, 1.165) is 32.6 Å². The summed E-state index contributed by atoms with van der Waals surface area (Å²) in [7, 11) is 0. The van der Waals surface area contributed by atoms with Gasteiger partial charge in [0.1, 0.15) is 0 Å². The minimum atomic E-state index is 0.00548. The van der Waals surface area contributed by atoms with Crippen LogP contribution in [0.15, 0.2) is 18.2 Å². The summed E-state index contributed by atoms with van der Waals surface area (Å²) in [5.74, 6) is 0.571. The molecule has 2 aliphatic rings. The van der Waals surface area contributed by atoms with E-state index in [-0.39, 0.29) is 12.0 Å². The first-order chi connectivity index (χ1) is 11.1. The zero-order chi connectivity index (χ0) is 16.3. The van der Waals surface area contributed by atoms with Gasteiger partial charge in [0, 0.05) is 31.2 Å². The zero-order valence-electron chi connectivity index (χ0n) is 14.6. The molecular formula is C20H31NO2. The lowest BCUT2D eigenvalue weighted by Crippen LogP contribution is -2.43. The third-order valence-electron chi connectivity index (χ3n) is 5.76. The van der Waals surface area contributed by atoms with Crippen LogP contribution in [0.1, 0.15) is 68.2 Å². The van der Waals surface area contributed by atoms with Crippen molar-refractivity contribution in [1.29, 1.82) is 0 Å². The Morgan fingerprint density at radius 2 is 2.09 bits per heavy atom. The van der Waals surface area contributed by atoms with Gasteiger partial charge in [-0.2, -0.15) is 0 Å². The highest BCUT2D eigenvalue weighted by molar-refractivity contribution is 5.37. The van der Waals surface area contributed by atoms with Crippen molar-refractivity contribution in [3.05, 3.63) is 34.9 Å². The lowest BCUT2D eigenvalue weighted by atomic mass is 9.79. The highest BCUT2D eigenvalue weighted by Crippen LogP contribution is 2.34. The number of aryl methyl sites for hydroxylation is 1. The molecule has 1 aliphatic carbocycles. The minimum Gasteiger partial charge on any atom is -0.396 e. The smallest absolute Gasteiger partial charge is 0.0501 e. The standard InChI is InChI=1S/C20H31NO2/c1-15(2)17-7-6-16-4-3-5-19(18(16)12-17)21-13-20(14-22)8-10-23-11-9-20/h6-7,12,15,19,21-22H,3-5,8-11,13-14H2,1-2H3. The first-order valence-corrected chi connectivity index (χ1v) is 9.18. The molecule has 1 aromatic carbocycles. The van der Waals surface area contributed by atoms with Crippen molar-refractivity contribution in [3.8, 4) is 0 Å². The fourth-order valence-electron chi connectivity index (χ4n) is 3.92. The monoisotopic (exact) mass is 317 g/mol. The van der Waals surface area contributed by atoms with Gasteiger partial charge >= 0.3 is 0 Å². The number of hydrogen-bond acceptors (Lipinski definition) is 3. The molecule has 0 bridgehead atoms. The first-order valence-electron chi connectivity index (χ1n) is 9.18. The van der Waals surface area contributed by atoms with E-state index >= 15 is 0 Å². The molecule has 0 amide bonds. The molecule has 1 atom stereocenters. The summed E-state index contributed by atoms with van der Waals surface area (Å²) in [4.78, 5) is 0. The number of aliphatic hydroxyl groups excluding tert-OH is 1. The topological polar surface area (TPSA) is 41.5 Å². The molecule has 3 nitrogen and oxygen atoms in total. The molecule has 1 aromatic rings. The fraction of sp³-hybridized carbons (Fsp3) is 0.700. The maximum absolute atomic E-state index is 9.89. The lowest BCUT2D eigenvalue weighted by Gasteiger charge is -2.38. The Hall–Kier alpha value is -0.900. The second-order valence-electron chi connectivity index (χ2n) is 7.71. The lowest BCUT2D eigenvalue weighted by molar-refractivity contribution is -0.0168. The maximum Gasteiger partial charge on any atom is 0.0501 e. The summed E-state index contributed by atoms with van der Waals surface area (Å²) < 4.78 is 5.48. The van der Waals surface area contributed by atoms with Crippen molar-refractivity contribution in [2.75, 3.05) is 26.4 Å². The molecule has 1 heterocycles. The number of benzene rings is 1. The van der Waals surface area contributed by atoms with Crippen molar-refractivity contribution in [1.82, 2.24) is 5.32 Å². The second kappa shape index (κ2) is 7.33. The van der Waals surface area contributed by atoms with Crippen LogP contribution in [0, 0.1) is 5.41 Å². The summed E-state index contributed by atoms with van der Waals surface area (Å²) in [6, 6.07) is 7.46. The van der Waals surface area contributed by atoms with E-state index in [1.807, 2.05) is 0 Å². The summed E-state index contributed by atoms with van der Waals surface area (Å²) in [5.41, 5.74) is 4.43. The Bertz CT molecular complexity index is 520. The highest BCUT2D eigenvalue weighted by Gasteiger charge is 2.33. The summed E-state index contributed by atoms with van der Waals surface area (Å²) in [6.45, 7) is 7.23.